The molecule has 0 radical (unpaired) electrons. The standard InChI is InChI=1S/C31H27N8O.C7H8O3S/c1-36-27(21-38-17-5-3-7-29(36)38)25-13-9-23(10-14-25)19-32-34-31(40)35-33-20-24-11-15-26(16-12-24)28-22-39-18-6-4-8-30(39)37(28)2;1-6-2-4-7(5-3-6)11(8,9)10/h3-22H,1-2H3,(H-,34,35,40);2-5H,1H3,(H,8,9,10)/q+1;/p+1/b32-19+,33-20+;. The van der Waals surface area contributed by atoms with Crippen molar-refractivity contribution in [3.05, 3.63) is 151 Å². The number of carbonyl (C=O) groups is 1. The summed E-state index contributed by atoms with van der Waals surface area (Å²) >= 11 is 0. The van der Waals surface area contributed by atoms with Crippen LogP contribution in [0.3, 0.4) is 0 Å². The molecule has 12 nitrogen and oxygen atoms in total. The Bertz CT molecular complexity index is 2350. The van der Waals surface area contributed by atoms with Gasteiger partial charge in [-0.2, -0.15) is 18.6 Å². The number of fused-ring (bicyclic) bond motifs is 2. The van der Waals surface area contributed by atoms with Gasteiger partial charge in [-0.05, 0) is 66.6 Å². The van der Waals surface area contributed by atoms with Crippen molar-refractivity contribution in [3.8, 4) is 22.5 Å². The number of aryl methyl sites for hydroxylation is 3. The van der Waals surface area contributed by atoms with Crippen LogP contribution in [0.2, 0.25) is 0 Å². The molecule has 0 bridgehead atoms. The summed E-state index contributed by atoms with van der Waals surface area (Å²) in [6.07, 6.45) is 11.4. The third kappa shape index (κ3) is 8.24. The molecule has 0 aliphatic heterocycles. The van der Waals surface area contributed by atoms with Crippen LogP contribution in [0.25, 0.3) is 33.8 Å². The third-order valence-corrected chi connectivity index (χ3v) is 9.03. The average molecular weight is 701 g/mol. The molecule has 0 unspecified atom stereocenters. The van der Waals surface area contributed by atoms with E-state index in [1.54, 1.807) is 24.6 Å². The van der Waals surface area contributed by atoms with Crippen molar-refractivity contribution in [1.82, 2.24) is 20.0 Å². The molecule has 4 aromatic heterocycles. The molecule has 3 N–H and O–H groups in total. The van der Waals surface area contributed by atoms with Gasteiger partial charge in [0.25, 0.3) is 21.4 Å². The second-order valence-corrected chi connectivity index (χ2v) is 13.1. The van der Waals surface area contributed by atoms with Gasteiger partial charge < -0.3 is 0 Å². The summed E-state index contributed by atoms with van der Waals surface area (Å²) in [5, 5.41) is 8.04. The first-order chi connectivity index (χ1) is 24.6. The van der Waals surface area contributed by atoms with E-state index in [0.717, 1.165) is 50.5 Å². The monoisotopic (exact) mass is 700 g/mol. The molecule has 13 heteroatoms. The fraction of sp³-hybridized carbons (Fsp3) is 0.0789. The van der Waals surface area contributed by atoms with Crippen molar-refractivity contribution >= 4 is 39.9 Å². The quantitative estimate of drug-likeness (QED) is 0.0924. The molecule has 0 fully saturated rings. The number of carbonyl (C=O) groups excluding carboxylic acids is 1. The molecule has 0 spiro atoms. The normalized spacial score (nSPS) is 11.6. The first-order valence-corrected chi connectivity index (χ1v) is 17.3. The molecule has 0 aliphatic rings. The summed E-state index contributed by atoms with van der Waals surface area (Å²) in [5.74, 6) is 0. The Morgan fingerprint density at radius 3 is 1.49 bits per heavy atom. The van der Waals surface area contributed by atoms with Gasteiger partial charge in [0.15, 0.2) is 11.4 Å². The van der Waals surface area contributed by atoms with Crippen LogP contribution >= 0.6 is 0 Å². The molecule has 4 heterocycles. The number of aromatic nitrogens is 4. The highest BCUT2D eigenvalue weighted by Crippen LogP contribution is 2.21. The molecular formula is C38H36N8O4S+2. The van der Waals surface area contributed by atoms with Crippen LogP contribution in [0.15, 0.2) is 149 Å². The van der Waals surface area contributed by atoms with Gasteiger partial charge in [-0.15, -0.1) is 0 Å². The molecule has 51 heavy (non-hydrogen) atoms. The number of imidazole rings is 2. The van der Waals surface area contributed by atoms with E-state index in [4.69, 9.17) is 4.55 Å². The molecule has 0 aliphatic carbocycles. The number of pyridine rings is 2. The maximum atomic E-state index is 12.1. The molecule has 2 amide bonds. The summed E-state index contributed by atoms with van der Waals surface area (Å²) in [5.41, 5.74) is 14.2. The van der Waals surface area contributed by atoms with Gasteiger partial charge in [0, 0.05) is 23.3 Å². The van der Waals surface area contributed by atoms with Crippen molar-refractivity contribution in [2.75, 3.05) is 0 Å². The van der Waals surface area contributed by atoms with Crippen LogP contribution in [0.4, 0.5) is 4.79 Å². The second kappa shape index (κ2) is 15.0. The van der Waals surface area contributed by atoms with Crippen LogP contribution in [0.5, 0.6) is 0 Å². The van der Waals surface area contributed by atoms with Crippen LogP contribution in [-0.2, 0) is 24.2 Å². The number of hydrogen-bond acceptors (Lipinski definition) is 5. The zero-order chi connectivity index (χ0) is 36.0. The number of amides is 2. The lowest BCUT2D eigenvalue weighted by Gasteiger charge is -2.00. The minimum absolute atomic E-state index is 0.0666. The lowest BCUT2D eigenvalue weighted by Crippen LogP contribution is -2.28. The third-order valence-electron chi connectivity index (χ3n) is 8.16. The molecule has 0 atom stereocenters. The van der Waals surface area contributed by atoms with Crippen molar-refractivity contribution < 1.29 is 26.6 Å². The Labute approximate surface area is 295 Å². The van der Waals surface area contributed by atoms with E-state index < -0.39 is 16.1 Å². The summed E-state index contributed by atoms with van der Waals surface area (Å²) in [4.78, 5) is 12.0. The van der Waals surface area contributed by atoms with Gasteiger partial charge in [0.2, 0.25) is 0 Å². The maximum Gasteiger partial charge on any atom is 0.355 e. The van der Waals surface area contributed by atoms with Crippen LogP contribution in [0, 0.1) is 6.92 Å². The Hall–Kier alpha value is -6.44. The number of nitrogens with zero attached hydrogens (tertiary/aromatic N) is 6. The molecule has 3 aromatic carbocycles. The minimum Gasteiger partial charge on any atom is -0.282 e. The number of benzene rings is 3. The Morgan fingerprint density at radius 1 is 0.667 bits per heavy atom. The Balaban J connectivity index is 0.000000349. The predicted molar refractivity (Wildman–Crippen MR) is 196 cm³/mol. The van der Waals surface area contributed by atoms with Gasteiger partial charge in [0.1, 0.15) is 12.4 Å². The zero-order valence-electron chi connectivity index (χ0n) is 28.1. The highest BCUT2D eigenvalue weighted by Gasteiger charge is 2.16. The zero-order valence-corrected chi connectivity index (χ0v) is 28.9. The van der Waals surface area contributed by atoms with Gasteiger partial charge in [0.05, 0.1) is 43.8 Å². The number of urea groups is 1. The number of hydrazone groups is 2. The Morgan fingerprint density at radius 2 is 1.10 bits per heavy atom. The van der Waals surface area contributed by atoms with Gasteiger partial charge >= 0.3 is 6.03 Å². The van der Waals surface area contributed by atoms with E-state index in [-0.39, 0.29) is 4.90 Å². The maximum absolute atomic E-state index is 12.1. The molecule has 7 aromatic rings. The van der Waals surface area contributed by atoms with E-state index in [1.807, 2.05) is 106 Å². The fourth-order valence-corrected chi connectivity index (χ4v) is 5.93. The van der Waals surface area contributed by atoms with Gasteiger partial charge in [-0.3, -0.25) is 4.55 Å². The van der Waals surface area contributed by atoms with E-state index in [2.05, 4.69) is 63.5 Å². The Kier molecular flexibility index (Phi) is 10.1. The van der Waals surface area contributed by atoms with E-state index >= 15 is 0 Å². The van der Waals surface area contributed by atoms with Crippen molar-refractivity contribution in [3.63, 3.8) is 0 Å². The minimum atomic E-state index is -4.02. The first-order valence-electron chi connectivity index (χ1n) is 15.9. The molecule has 256 valence electrons. The topological polar surface area (TPSA) is 138 Å². The van der Waals surface area contributed by atoms with Gasteiger partial charge in [-0.25, -0.2) is 33.6 Å². The summed E-state index contributed by atoms with van der Waals surface area (Å²) in [6, 6.07) is 33.6. The lowest BCUT2D eigenvalue weighted by molar-refractivity contribution is -0.510. The SMILES string of the molecule is Cc1ccc(S(=O)(=O)O)cc1.Cn1c(-c2ccc(/C=N/NC(=O)N/N=C/c3ccc(-c4c[n+]5ccccc5n4C)cc3)cc2)c[n+]2ccccc12. The van der Waals surface area contributed by atoms with Crippen LogP contribution < -0.4 is 19.7 Å². The first kappa shape index (κ1) is 34.4. The molecular weight excluding hydrogens is 665 g/mol. The van der Waals surface area contributed by atoms with Crippen molar-refractivity contribution in [2.45, 2.75) is 11.8 Å². The highest BCUT2D eigenvalue weighted by molar-refractivity contribution is 7.85. The van der Waals surface area contributed by atoms with Crippen LogP contribution in [0.1, 0.15) is 16.7 Å². The van der Waals surface area contributed by atoms with Gasteiger partial charge in [-0.1, -0.05) is 54.1 Å². The average Bonchev–Trinajstić information content (AvgIpc) is 3.65. The predicted octanol–water partition coefficient (Wildman–Crippen LogP) is 5.08. The largest absolute Gasteiger partial charge is 0.355 e. The van der Waals surface area contributed by atoms with Crippen LogP contribution in [-0.4, -0.2) is 40.6 Å². The smallest absolute Gasteiger partial charge is 0.282 e. The fourth-order valence-electron chi connectivity index (χ4n) is 5.45. The van der Waals surface area contributed by atoms with E-state index in [9.17, 15) is 13.2 Å². The number of nitrogens with one attached hydrogen (secondary N) is 2. The number of rotatable bonds is 7. The molecule has 0 saturated heterocycles. The number of hydrogen-bond donors (Lipinski definition) is 3. The van der Waals surface area contributed by atoms with E-state index in [1.165, 1.54) is 12.1 Å². The summed E-state index contributed by atoms with van der Waals surface area (Å²) in [7, 11) is 0.0748. The lowest BCUT2D eigenvalue weighted by atomic mass is 10.1. The molecule has 7 rings (SSSR count). The summed E-state index contributed by atoms with van der Waals surface area (Å²) < 4.78 is 38.0. The highest BCUT2D eigenvalue weighted by atomic mass is 32.2. The van der Waals surface area contributed by atoms with E-state index in [0.29, 0.717) is 0 Å². The summed E-state index contributed by atoms with van der Waals surface area (Å²) in [6.45, 7) is 1.84. The van der Waals surface area contributed by atoms with Crippen molar-refractivity contribution in [1.29, 1.82) is 0 Å². The molecule has 0 saturated carbocycles. The van der Waals surface area contributed by atoms with Crippen molar-refractivity contribution in [2.24, 2.45) is 24.3 Å². The second-order valence-electron chi connectivity index (χ2n) is 11.7.